The number of anilines is 3. The highest BCUT2D eigenvalue weighted by molar-refractivity contribution is 8.01. The summed E-state index contributed by atoms with van der Waals surface area (Å²) < 4.78 is 0.542. The van der Waals surface area contributed by atoms with Gasteiger partial charge in [-0.2, -0.15) is 0 Å². The van der Waals surface area contributed by atoms with Gasteiger partial charge in [-0.1, -0.05) is 46.8 Å². The highest BCUT2D eigenvalue weighted by Crippen LogP contribution is 2.26. The first kappa shape index (κ1) is 21.8. The molecule has 0 saturated heterocycles. The Morgan fingerprint density at radius 3 is 2.30 bits per heavy atom. The van der Waals surface area contributed by atoms with E-state index in [1.165, 1.54) is 18.7 Å². The largest absolute Gasteiger partial charge is 0.326 e. The van der Waals surface area contributed by atoms with E-state index in [9.17, 15) is 14.4 Å². The van der Waals surface area contributed by atoms with E-state index in [1.54, 1.807) is 48.5 Å². The van der Waals surface area contributed by atoms with Crippen LogP contribution in [0.4, 0.5) is 16.5 Å². The van der Waals surface area contributed by atoms with Crippen molar-refractivity contribution in [1.29, 1.82) is 0 Å². The fourth-order valence-electron chi connectivity index (χ4n) is 2.29. The summed E-state index contributed by atoms with van der Waals surface area (Å²) in [6.07, 6.45) is 0. The van der Waals surface area contributed by atoms with E-state index in [2.05, 4.69) is 26.1 Å². The van der Waals surface area contributed by atoms with Gasteiger partial charge in [0.25, 0.3) is 5.91 Å². The number of amides is 3. The predicted molar refractivity (Wildman–Crippen MR) is 119 cm³/mol. The summed E-state index contributed by atoms with van der Waals surface area (Å²) in [7, 11) is 0. The first-order valence-electron chi connectivity index (χ1n) is 8.60. The fraction of sp³-hybridized carbons (Fsp3) is 0.105. The average molecular weight is 462 g/mol. The number of aromatic nitrogens is 2. The molecule has 0 unspecified atom stereocenters. The standard InChI is InChI=1S/C19H16ClN5O3S2/c1-11(26)21-12-6-8-13(9-7-12)22-16(27)10-29-19-25-24-18(30-19)23-17(28)14-4-2-3-5-15(14)20/h2-9H,10H2,1H3,(H,21,26)(H,22,27)(H,23,24,28). The summed E-state index contributed by atoms with van der Waals surface area (Å²) in [4.78, 5) is 35.4. The van der Waals surface area contributed by atoms with Crippen molar-refractivity contribution in [3.8, 4) is 0 Å². The molecule has 0 aliphatic rings. The van der Waals surface area contributed by atoms with Crippen LogP contribution in [0.3, 0.4) is 0 Å². The van der Waals surface area contributed by atoms with Gasteiger partial charge in [0, 0.05) is 18.3 Å². The van der Waals surface area contributed by atoms with Gasteiger partial charge in [-0.3, -0.25) is 19.7 Å². The molecule has 0 spiro atoms. The summed E-state index contributed by atoms with van der Waals surface area (Å²) in [5.41, 5.74) is 1.60. The number of carbonyl (C=O) groups excluding carboxylic acids is 3. The van der Waals surface area contributed by atoms with E-state index >= 15 is 0 Å². The lowest BCUT2D eigenvalue weighted by Gasteiger charge is -2.06. The quantitative estimate of drug-likeness (QED) is 0.360. The van der Waals surface area contributed by atoms with E-state index in [0.29, 0.717) is 31.4 Å². The molecule has 1 heterocycles. The predicted octanol–water partition coefficient (Wildman–Crippen LogP) is 4.13. The van der Waals surface area contributed by atoms with Gasteiger partial charge >= 0.3 is 0 Å². The van der Waals surface area contributed by atoms with Gasteiger partial charge in [0.1, 0.15) is 0 Å². The highest BCUT2D eigenvalue weighted by Gasteiger charge is 2.14. The average Bonchev–Trinajstić information content (AvgIpc) is 3.15. The maximum Gasteiger partial charge on any atom is 0.259 e. The molecule has 0 aliphatic heterocycles. The van der Waals surface area contributed by atoms with Crippen LogP contribution in [0.15, 0.2) is 52.9 Å². The van der Waals surface area contributed by atoms with Crippen LogP contribution in [-0.4, -0.2) is 33.7 Å². The minimum absolute atomic E-state index is 0.126. The van der Waals surface area contributed by atoms with E-state index in [0.717, 1.165) is 11.3 Å². The van der Waals surface area contributed by atoms with Crippen molar-refractivity contribution in [3.05, 3.63) is 59.1 Å². The maximum absolute atomic E-state index is 12.2. The van der Waals surface area contributed by atoms with Crippen molar-refractivity contribution in [2.24, 2.45) is 0 Å². The molecule has 0 aliphatic carbocycles. The zero-order valence-corrected chi connectivity index (χ0v) is 18.0. The molecule has 1 aromatic heterocycles. The van der Waals surface area contributed by atoms with Crippen molar-refractivity contribution in [2.75, 3.05) is 21.7 Å². The normalized spacial score (nSPS) is 10.3. The van der Waals surface area contributed by atoms with E-state index in [4.69, 9.17) is 11.6 Å². The molecule has 0 atom stereocenters. The third kappa shape index (κ3) is 6.28. The van der Waals surface area contributed by atoms with Crippen molar-refractivity contribution < 1.29 is 14.4 Å². The van der Waals surface area contributed by atoms with Gasteiger partial charge in [0.2, 0.25) is 16.9 Å². The van der Waals surface area contributed by atoms with Crippen LogP contribution in [0.5, 0.6) is 0 Å². The third-order valence-electron chi connectivity index (χ3n) is 3.56. The molecule has 0 saturated carbocycles. The monoisotopic (exact) mass is 461 g/mol. The maximum atomic E-state index is 12.2. The molecule has 0 radical (unpaired) electrons. The molecule has 154 valence electrons. The molecule has 30 heavy (non-hydrogen) atoms. The molecule has 3 amide bonds. The number of hydrogen-bond donors (Lipinski definition) is 3. The summed E-state index contributed by atoms with van der Waals surface area (Å²) in [5.74, 6) is -0.638. The topological polar surface area (TPSA) is 113 Å². The van der Waals surface area contributed by atoms with Gasteiger partial charge in [0.15, 0.2) is 4.34 Å². The van der Waals surface area contributed by atoms with Gasteiger partial charge in [0.05, 0.1) is 16.3 Å². The van der Waals surface area contributed by atoms with Gasteiger partial charge in [-0.25, -0.2) is 0 Å². The first-order chi connectivity index (χ1) is 14.4. The molecule has 2 aromatic carbocycles. The SMILES string of the molecule is CC(=O)Nc1ccc(NC(=O)CSc2nnc(NC(=O)c3ccccc3Cl)s2)cc1. The Hall–Kier alpha value is -2.95. The molecule has 8 nitrogen and oxygen atoms in total. The van der Waals surface area contributed by atoms with E-state index < -0.39 is 0 Å². The van der Waals surface area contributed by atoms with Crippen LogP contribution in [0.2, 0.25) is 5.02 Å². The zero-order valence-electron chi connectivity index (χ0n) is 15.6. The van der Waals surface area contributed by atoms with Crippen molar-refractivity contribution >= 4 is 68.9 Å². The summed E-state index contributed by atoms with van der Waals surface area (Å²) in [6, 6.07) is 13.5. The van der Waals surface area contributed by atoms with Crippen LogP contribution in [0.1, 0.15) is 17.3 Å². The Morgan fingerprint density at radius 1 is 0.967 bits per heavy atom. The number of benzene rings is 2. The fourth-order valence-corrected chi connectivity index (χ4v) is 4.06. The van der Waals surface area contributed by atoms with Gasteiger partial charge in [-0.05, 0) is 36.4 Å². The Bertz CT molecular complexity index is 1070. The number of rotatable bonds is 7. The van der Waals surface area contributed by atoms with E-state index in [-0.39, 0.29) is 23.5 Å². The molecular weight excluding hydrogens is 446 g/mol. The van der Waals surface area contributed by atoms with Crippen LogP contribution in [-0.2, 0) is 9.59 Å². The second-order valence-electron chi connectivity index (χ2n) is 5.90. The Balaban J connectivity index is 1.49. The van der Waals surface area contributed by atoms with E-state index in [1.807, 2.05) is 0 Å². The summed E-state index contributed by atoms with van der Waals surface area (Å²) in [5, 5.41) is 16.6. The molecule has 3 aromatic rings. The lowest BCUT2D eigenvalue weighted by molar-refractivity contribution is -0.114. The molecule has 0 fully saturated rings. The van der Waals surface area contributed by atoms with Crippen molar-refractivity contribution in [2.45, 2.75) is 11.3 Å². The number of thioether (sulfide) groups is 1. The van der Waals surface area contributed by atoms with Crippen LogP contribution in [0, 0.1) is 0 Å². The lowest BCUT2D eigenvalue weighted by Crippen LogP contribution is -2.14. The number of hydrogen-bond acceptors (Lipinski definition) is 7. The summed E-state index contributed by atoms with van der Waals surface area (Å²) in [6.45, 7) is 1.42. The van der Waals surface area contributed by atoms with Crippen molar-refractivity contribution in [3.63, 3.8) is 0 Å². The highest BCUT2D eigenvalue weighted by atomic mass is 35.5. The molecule has 11 heteroatoms. The van der Waals surface area contributed by atoms with Crippen LogP contribution >= 0.6 is 34.7 Å². The first-order valence-corrected chi connectivity index (χ1v) is 10.8. The number of halogens is 1. The minimum atomic E-state index is -0.381. The second kappa shape index (κ2) is 10.2. The zero-order chi connectivity index (χ0) is 21.5. The third-order valence-corrected chi connectivity index (χ3v) is 5.86. The summed E-state index contributed by atoms with van der Waals surface area (Å²) >= 11 is 8.38. The smallest absolute Gasteiger partial charge is 0.259 e. The second-order valence-corrected chi connectivity index (χ2v) is 8.51. The molecule has 0 bridgehead atoms. The minimum Gasteiger partial charge on any atom is -0.326 e. The van der Waals surface area contributed by atoms with Crippen LogP contribution in [0.25, 0.3) is 0 Å². The molecular formula is C19H16ClN5O3S2. The van der Waals surface area contributed by atoms with Gasteiger partial charge < -0.3 is 10.6 Å². The van der Waals surface area contributed by atoms with Crippen LogP contribution < -0.4 is 16.0 Å². The van der Waals surface area contributed by atoms with Gasteiger partial charge in [-0.15, -0.1) is 10.2 Å². The lowest BCUT2D eigenvalue weighted by atomic mass is 10.2. The Morgan fingerprint density at radius 2 is 1.63 bits per heavy atom. The number of nitrogens with zero attached hydrogens (tertiary/aromatic N) is 2. The molecule has 3 rings (SSSR count). The Kier molecular flexibility index (Phi) is 7.39. The Labute approximate surface area is 185 Å². The van der Waals surface area contributed by atoms with Crippen molar-refractivity contribution in [1.82, 2.24) is 10.2 Å². The number of carbonyl (C=O) groups is 3. The number of nitrogens with one attached hydrogen (secondary N) is 3. The molecule has 3 N–H and O–H groups in total.